The summed E-state index contributed by atoms with van der Waals surface area (Å²) in [5, 5.41) is 3.88. The smallest absolute Gasteiger partial charge is 0.417 e. The van der Waals surface area contributed by atoms with E-state index in [1.54, 1.807) is 26.8 Å². The van der Waals surface area contributed by atoms with Crippen LogP contribution in [-0.2, 0) is 10.9 Å². The summed E-state index contributed by atoms with van der Waals surface area (Å²) in [6.07, 6.45) is -1.70. The summed E-state index contributed by atoms with van der Waals surface area (Å²) in [6, 6.07) is 4.97. The Bertz CT molecular complexity index is 671. The maximum Gasteiger partial charge on any atom is 0.417 e. The third kappa shape index (κ3) is 3.66. The van der Waals surface area contributed by atoms with E-state index in [4.69, 9.17) is 4.74 Å². The molecule has 22 heavy (non-hydrogen) atoms. The summed E-state index contributed by atoms with van der Waals surface area (Å²) in [5.41, 5.74) is -2.22. The molecule has 7 heteroatoms. The second-order valence-electron chi connectivity index (χ2n) is 5.68. The van der Waals surface area contributed by atoms with E-state index in [-0.39, 0.29) is 5.69 Å². The number of halogens is 3. The minimum atomic E-state index is -4.67. The molecular formula is C15H15F3N2O2. The lowest BCUT2D eigenvalue weighted by Gasteiger charge is -2.21. The minimum Gasteiger partial charge on any atom is -0.456 e. The normalized spacial score (nSPS) is 12.3. The molecule has 4 nitrogen and oxygen atoms in total. The van der Waals surface area contributed by atoms with Gasteiger partial charge in [0.15, 0.2) is 0 Å². The number of ether oxygens (including phenoxy) is 1. The number of rotatable bonds is 2. The van der Waals surface area contributed by atoms with Crippen molar-refractivity contribution in [1.82, 2.24) is 9.78 Å². The van der Waals surface area contributed by atoms with Crippen molar-refractivity contribution >= 4 is 5.97 Å². The van der Waals surface area contributed by atoms with Crippen LogP contribution in [0.1, 0.15) is 36.7 Å². The summed E-state index contributed by atoms with van der Waals surface area (Å²) in [4.78, 5) is 12.0. The van der Waals surface area contributed by atoms with Crippen LogP contribution in [-0.4, -0.2) is 21.4 Å². The fourth-order valence-electron chi connectivity index (χ4n) is 1.84. The highest BCUT2D eigenvalue weighted by Crippen LogP contribution is 2.34. The second-order valence-corrected chi connectivity index (χ2v) is 5.68. The minimum absolute atomic E-state index is 0.213. The van der Waals surface area contributed by atoms with Crippen LogP contribution in [0.3, 0.4) is 0 Å². The summed E-state index contributed by atoms with van der Waals surface area (Å²) in [5.74, 6) is -1.01. The molecule has 0 aliphatic carbocycles. The van der Waals surface area contributed by atoms with Crippen LogP contribution in [0.2, 0.25) is 0 Å². The van der Waals surface area contributed by atoms with Gasteiger partial charge in [0.1, 0.15) is 5.60 Å². The molecule has 1 heterocycles. The van der Waals surface area contributed by atoms with Crippen LogP contribution < -0.4 is 0 Å². The Balaban J connectivity index is 2.49. The average Bonchev–Trinajstić information content (AvgIpc) is 2.88. The fraction of sp³-hybridized carbons (Fsp3) is 0.333. The predicted molar refractivity (Wildman–Crippen MR) is 73.7 cm³/mol. The molecule has 0 radical (unpaired) electrons. The van der Waals surface area contributed by atoms with Crippen molar-refractivity contribution in [3.05, 3.63) is 47.8 Å². The number of carbonyl (C=O) groups is 1. The van der Waals surface area contributed by atoms with Crippen LogP contribution in [0.5, 0.6) is 0 Å². The molecule has 2 rings (SSSR count). The third-order valence-electron chi connectivity index (χ3n) is 2.70. The molecule has 1 aromatic carbocycles. The maximum atomic E-state index is 13.2. The summed E-state index contributed by atoms with van der Waals surface area (Å²) in [7, 11) is 0. The SMILES string of the molecule is CC(C)(C)OC(=O)c1ccc(-n2cccn2)cc1C(F)(F)F. The topological polar surface area (TPSA) is 44.1 Å². The van der Waals surface area contributed by atoms with Gasteiger partial charge in [0.25, 0.3) is 0 Å². The van der Waals surface area contributed by atoms with Gasteiger partial charge < -0.3 is 4.74 Å². The highest BCUT2D eigenvalue weighted by Gasteiger charge is 2.37. The van der Waals surface area contributed by atoms with Gasteiger partial charge in [-0.05, 0) is 45.0 Å². The Morgan fingerprint density at radius 2 is 1.91 bits per heavy atom. The standard InChI is InChI=1S/C15H15F3N2O2/c1-14(2,3)22-13(21)11-6-5-10(20-8-4-7-19-20)9-12(11)15(16,17)18/h4-9H,1-3H3. The molecule has 0 aliphatic heterocycles. The van der Waals surface area contributed by atoms with Gasteiger partial charge >= 0.3 is 12.1 Å². The van der Waals surface area contributed by atoms with E-state index in [2.05, 4.69) is 5.10 Å². The first kappa shape index (κ1) is 16.1. The zero-order valence-corrected chi connectivity index (χ0v) is 12.3. The Morgan fingerprint density at radius 3 is 2.41 bits per heavy atom. The molecule has 0 atom stereocenters. The van der Waals surface area contributed by atoms with Crippen LogP contribution in [0.15, 0.2) is 36.7 Å². The van der Waals surface area contributed by atoms with Crippen LogP contribution in [0.4, 0.5) is 13.2 Å². The van der Waals surface area contributed by atoms with Gasteiger partial charge in [-0.1, -0.05) is 0 Å². The van der Waals surface area contributed by atoms with Crippen molar-refractivity contribution in [2.24, 2.45) is 0 Å². The number of aromatic nitrogens is 2. The zero-order valence-electron chi connectivity index (χ0n) is 12.3. The van der Waals surface area contributed by atoms with Gasteiger partial charge in [0.05, 0.1) is 16.8 Å². The maximum absolute atomic E-state index is 13.2. The number of hydrogen-bond acceptors (Lipinski definition) is 3. The summed E-state index contributed by atoms with van der Waals surface area (Å²) in [6.45, 7) is 4.78. The van der Waals surface area contributed by atoms with E-state index in [0.29, 0.717) is 0 Å². The zero-order chi connectivity index (χ0) is 16.5. The highest BCUT2D eigenvalue weighted by molar-refractivity contribution is 5.92. The second kappa shape index (κ2) is 5.47. The van der Waals surface area contributed by atoms with Gasteiger partial charge in [0.2, 0.25) is 0 Å². The molecule has 0 aliphatic rings. The molecule has 1 aromatic heterocycles. The molecule has 2 aromatic rings. The van der Waals surface area contributed by atoms with Gasteiger partial charge in [-0.25, -0.2) is 9.48 Å². The molecule has 0 N–H and O–H groups in total. The van der Waals surface area contributed by atoms with Crippen molar-refractivity contribution in [3.8, 4) is 5.69 Å². The van der Waals surface area contributed by atoms with Crippen LogP contribution in [0.25, 0.3) is 5.69 Å². The molecule has 0 spiro atoms. The fourth-order valence-corrected chi connectivity index (χ4v) is 1.84. The van der Waals surface area contributed by atoms with E-state index < -0.39 is 28.9 Å². The van der Waals surface area contributed by atoms with E-state index in [0.717, 1.165) is 12.1 Å². The lowest BCUT2D eigenvalue weighted by Crippen LogP contribution is -2.26. The van der Waals surface area contributed by atoms with Gasteiger partial charge in [-0.15, -0.1) is 0 Å². The quantitative estimate of drug-likeness (QED) is 0.791. The van der Waals surface area contributed by atoms with Crippen LogP contribution >= 0.6 is 0 Å². The molecule has 0 amide bonds. The van der Waals surface area contributed by atoms with Gasteiger partial charge in [0, 0.05) is 12.4 Å². The number of nitrogens with zero attached hydrogens (tertiary/aromatic N) is 2. The number of carbonyl (C=O) groups excluding carboxylic acids is 1. The van der Waals surface area contributed by atoms with Crippen LogP contribution in [0, 0.1) is 0 Å². The summed E-state index contributed by atoms with van der Waals surface area (Å²) < 4.78 is 46.0. The molecular weight excluding hydrogens is 297 g/mol. The predicted octanol–water partition coefficient (Wildman–Crippen LogP) is 3.85. The molecule has 0 saturated carbocycles. The Labute approximate surface area is 125 Å². The molecule has 118 valence electrons. The Hall–Kier alpha value is -2.31. The van der Waals surface area contributed by atoms with Crippen molar-refractivity contribution < 1.29 is 22.7 Å². The lowest BCUT2D eigenvalue weighted by molar-refractivity contribution is -0.138. The number of hydrogen-bond donors (Lipinski definition) is 0. The molecule has 0 fully saturated rings. The third-order valence-corrected chi connectivity index (χ3v) is 2.70. The van der Waals surface area contributed by atoms with Crippen molar-refractivity contribution in [2.45, 2.75) is 32.5 Å². The van der Waals surface area contributed by atoms with Gasteiger partial charge in [-0.3, -0.25) is 0 Å². The number of esters is 1. The number of benzene rings is 1. The Morgan fingerprint density at radius 1 is 1.23 bits per heavy atom. The number of alkyl halides is 3. The first-order valence-corrected chi connectivity index (χ1v) is 6.52. The van der Waals surface area contributed by atoms with E-state index in [1.807, 2.05) is 0 Å². The van der Waals surface area contributed by atoms with Crippen molar-refractivity contribution in [2.75, 3.05) is 0 Å². The molecule has 0 bridgehead atoms. The first-order valence-electron chi connectivity index (χ1n) is 6.52. The largest absolute Gasteiger partial charge is 0.456 e. The monoisotopic (exact) mass is 312 g/mol. The van der Waals surface area contributed by atoms with Crippen molar-refractivity contribution in [3.63, 3.8) is 0 Å². The average molecular weight is 312 g/mol. The molecule has 0 unspecified atom stereocenters. The molecule has 0 saturated heterocycles. The highest BCUT2D eigenvalue weighted by atomic mass is 19.4. The first-order chi connectivity index (χ1) is 10.1. The van der Waals surface area contributed by atoms with E-state index >= 15 is 0 Å². The summed E-state index contributed by atoms with van der Waals surface area (Å²) >= 11 is 0. The Kier molecular flexibility index (Phi) is 4.00. The lowest BCUT2D eigenvalue weighted by atomic mass is 10.1. The van der Waals surface area contributed by atoms with E-state index in [9.17, 15) is 18.0 Å². The van der Waals surface area contributed by atoms with Crippen molar-refractivity contribution in [1.29, 1.82) is 0 Å². The van der Waals surface area contributed by atoms with Gasteiger partial charge in [-0.2, -0.15) is 18.3 Å². The van der Waals surface area contributed by atoms with E-state index in [1.165, 1.54) is 23.1 Å².